The van der Waals surface area contributed by atoms with Crippen molar-refractivity contribution >= 4 is 21.2 Å². The van der Waals surface area contributed by atoms with Crippen LogP contribution in [0.2, 0.25) is 0 Å². The molecular weight excluding hydrogens is 302 g/mol. The van der Waals surface area contributed by atoms with E-state index in [-0.39, 0.29) is 5.75 Å². The molecule has 0 saturated carbocycles. The highest BCUT2D eigenvalue weighted by Crippen LogP contribution is 2.37. The highest BCUT2D eigenvalue weighted by molar-refractivity contribution is 7.48. The third-order valence-corrected chi connectivity index (χ3v) is 3.94. The lowest BCUT2D eigenvalue weighted by atomic mass is 10.3. The van der Waals surface area contributed by atoms with Crippen LogP contribution in [0.15, 0.2) is 54.6 Å². The van der Waals surface area contributed by atoms with Gasteiger partial charge in [0, 0.05) is 5.30 Å². The Labute approximate surface area is 116 Å². The second-order valence-corrected chi connectivity index (χ2v) is 6.33. The predicted octanol–water partition coefficient (Wildman–Crippen LogP) is 2.34. The van der Waals surface area contributed by atoms with Crippen LogP contribution < -0.4 is 14.4 Å². The molecule has 8 heteroatoms. The van der Waals surface area contributed by atoms with Crippen molar-refractivity contribution in [2.75, 3.05) is 0 Å². The number of hydrogen-bond acceptors (Lipinski definition) is 4. The smallest absolute Gasteiger partial charge is 0.442 e. The average Bonchev–Trinajstić information content (AvgIpc) is 2.39. The lowest BCUT2D eigenvalue weighted by Gasteiger charge is -2.08. The van der Waals surface area contributed by atoms with Crippen molar-refractivity contribution in [3.63, 3.8) is 0 Å². The fourth-order valence-corrected chi connectivity index (χ4v) is 2.75. The minimum atomic E-state index is -4.58. The van der Waals surface area contributed by atoms with Gasteiger partial charge in [0.1, 0.15) is 11.5 Å². The second kappa shape index (κ2) is 6.25. The first-order valence-electron chi connectivity index (χ1n) is 5.56. The first-order chi connectivity index (χ1) is 9.44. The molecule has 0 aromatic heterocycles. The molecule has 2 rings (SSSR count). The summed E-state index contributed by atoms with van der Waals surface area (Å²) >= 11 is 0. The summed E-state index contributed by atoms with van der Waals surface area (Å²) in [6, 6.07) is 14.3. The lowest BCUT2D eigenvalue weighted by molar-refractivity contribution is 0.283. The molecule has 20 heavy (non-hydrogen) atoms. The molecule has 0 amide bonds. The van der Waals surface area contributed by atoms with Crippen LogP contribution >= 0.6 is 15.9 Å². The van der Waals surface area contributed by atoms with E-state index in [4.69, 9.17) is 14.3 Å². The molecule has 1 unspecified atom stereocenters. The van der Waals surface area contributed by atoms with Crippen molar-refractivity contribution in [3.8, 4) is 11.5 Å². The van der Waals surface area contributed by atoms with E-state index in [0.29, 0.717) is 11.1 Å². The molecule has 2 aromatic carbocycles. The van der Waals surface area contributed by atoms with E-state index in [2.05, 4.69) is 4.52 Å². The van der Waals surface area contributed by atoms with E-state index >= 15 is 0 Å². The largest absolute Gasteiger partial charge is 0.524 e. The first kappa shape index (κ1) is 14.8. The van der Waals surface area contributed by atoms with Gasteiger partial charge in [0.2, 0.25) is 0 Å². The Bertz CT molecular complexity index is 635. The minimum Gasteiger partial charge on any atom is -0.442 e. The Morgan fingerprint density at radius 3 is 2.05 bits per heavy atom. The van der Waals surface area contributed by atoms with Crippen molar-refractivity contribution in [2.45, 2.75) is 0 Å². The zero-order valence-electron chi connectivity index (χ0n) is 10.2. The molecular formula is C12H12O6P2. The van der Waals surface area contributed by atoms with Crippen molar-refractivity contribution in [2.24, 2.45) is 0 Å². The zero-order valence-corrected chi connectivity index (χ0v) is 12.1. The van der Waals surface area contributed by atoms with E-state index in [0.717, 1.165) is 0 Å². The molecule has 0 radical (unpaired) electrons. The topological polar surface area (TPSA) is 93.1 Å². The zero-order chi connectivity index (χ0) is 14.6. The van der Waals surface area contributed by atoms with Gasteiger partial charge in [-0.1, -0.05) is 18.2 Å². The molecule has 106 valence electrons. The van der Waals surface area contributed by atoms with Crippen molar-refractivity contribution in [3.05, 3.63) is 54.6 Å². The van der Waals surface area contributed by atoms with E-state index < -0.39 is 15.9 Å². The SMILES string of the molecule is O=[PH](Oc1ccccc1)c1ccc(OP(=O)(O)O)cc1. The van der Waals surface area contributed by atoms with E-state index in [9.17, 15) is 9.13 Å². The quantitative estimate of drug-likeness (QED) is 0.823. The summed E-state index contributed by atoms with van der Waals surface area (Å²) in [5, 5.41) is 0.428. The molecule has 1 atom stereocenters. The van der Waals surface area contributed by atoms with Gasteiger partial charge in [-0.15, -0.1) is 0 Å². The Morgan fingerprint density at radius 1 is 0.900 bits per heavy atom. The Hall–Kier alpha value is -1.58. The summed E-state index contributed by atoms with van der Waals surface area (Å²) in [7, 11) is -7.06. The minimum absolute atomic E-state index is 0.00315. The molecule has 0 aliphatic heterocycles. The highest BCUT2D eigenvalue weighted by Gasteiger charge is 2.16. The van der Waals surface area contributed by atoms with Gasteiger partial charge in [-0.2, -0.15) is 0 Å². The van der Waals surface area contributed by atoms with Gasteiger partial charge >= 0.3 is 7.82 Å². The van der Waals surface area contributed by atoms with Gasteiger partial charge in [0.15, 0.2) is 0 Å². The summed E-state index contributed by atoms with van der Waals surface area (Å²) in [6.07, 6.45) is 0. The number of phosphoric acid groups is 1. The van der Waals surface area contributed by atoms with Gasteiger partial charge in [-0.05, 0) is 36.4 Å². The maximum absolute atomic E-state index is 12.0. The summed E-state index contributed by atoms with van der Waals surface area (Å²) in [4.78, 5) is 17.3. The molecule has 2 aromatic rings. The van der Waals surface area contributed by atoms with Gasteiger partial charge in [0.25, 0.3) is 8.03 Å². The summed E-state index contributed by atoms with van der Waals surface area (Å²) < 4.78 is 32.3. The van der Waals surface area contributed by atoms with E-state index in [1.165, 1.54) is 24.3 Å². The third kappa shape index (κ3) is 4.51. The maximum Gasteiger partial charge on any atom is 0.524 e. The fraction of sp³-hybridized carbons (Fsp3) is 0. The van der Waals surface area contributed by atoms with Crippen LogP contribution in [0.1, 0.15) is 0 Å². The molecule has 0 fully saturated rings. The van der Waals surface area contributed by atoms with Gasteiger partial charge in [-0.25, -0.2) is 4.57 Å². The maximum atomic E-state index is 12.0. The molecule has 0 heterocycles. The molecule has 0 saturated heterocycles. The lowest BCUT2D eigenvalue weighted by Crippen LogP contribution is -2.00. The normalized spacial score (nSPS) is 12.7. The molecule has 0 spiro atoms. The Kier molecular flexibility index (Phi) is 4.63. The van der Waals surface area contributed by atoms with Gasteiger partial charge in [0.05, 0.1) is 0 Å². The van der Waals surface area contributed by atoms with Gasteiger partial charge in [-0.3, -0.25) is 14.4 Å². The summed E-state index contributed by atoms with van der Waals surface area (Å²) in [6.45, 7) is 0. The van der Waals surface area contributed by atoms with E-state index in [1.54, 1.807) is 24.3 Å². The Morgan fingerprint density at radius 2 is 1.50 bits per heavy atom. The van der Waals surface area contributed by atoms with Crippen LogP contribution in [-0.2, 0) is 9.13 Å². The van der Waals surface area contributed by atoms with Crippen LogP contribution in [0, 0.1) is 0 Å². The molecule has 0 aliphatic rings. The number of rotatable bonds is 5. The van der Waals surface area contributed by atoms with Crippen molar-refractivity contribution in [1.29, 1.82) is 0 Å². The summed E-state index contributed by atoms with van der Waals surface area (Å²) in [5.74, 6) is 0.489. The molecule has 2 N–H and O–H groups in total. The third-order valence-electron chi connectivity index (χ3n) is 2.27. The van der Waals surface area contributed by atoms with Crippen LogP contribution in [0.3, 0.4) is 0 Å². The highest BCUT2D eigenvalue weighted by atomic mass is 31.2. The van der Waals surface area contributed by atoms with E-state index in [1.807, 2.05) is 6.07 Å². The average molecular weight is 314 g/mol. The van der Waals surface area contributed by atoms with Crippen LogP contribution in [0.25, 0.3) is 0 Å². The second-order valence-electron chi connectivity index (χ2n) is 3.81. The van der Waals surface area contributed by atoms with Crippen LogP contribution in [-0.4, -0.2) is 9.79 Å². The molecule has 6 nitrogen and oxygen atoms in total. The summed E-state index contributed by atoms with van der Waals surface area (Å²) in [5.41, 5.74) is 0. The first-order valence-corrected chi connectivity index (χ1v) is 8.41. The van der Waals surface area contributed by atoms with Gasteiger partial charge < -0.3 is 9.05 Å². The number of benzene rings is 2. The standard InChI is InChI=1S/C12H12O6P2/c13-19(17-10-4-2-1-3-5-10)12-8-6-11(7-9-12)18-20(14,15)16/h1-9,19H,(H2,14,15,16). The van der Waals surface area contributed by atoms with Crippen molar-refractivity contribution in [1.82, 2.24) is 0 Å². The number of para-hydroxylation sites is 1. The van der Waals surface area contributed by atoms with Crippen LogP contribution in [0.5, 0.6) is 11.5 Å². The Balaban J connectivity index is 2.06. The number of hydrogen-bond donors (Lipinski definition) is 2. The fourth-order valence-electron chi connectivity index (χ4n) is 1.44. The van der Waals surface area contributed by atoms with Crippen molar-refractivity contribution < 1.29 is 28.0 Å². The molecule has 0 aliphatic carbocycles. The monoisotopic (exact) mass is 314 g/mol. The molecule has 0 bridgehead atoms. The number of phosphoric ester groups is 1. The predicted molar refractivity (Wildman–Crippen MR) is 74.8 cm³/mol. The van der Waals surface area contributed by atoms with Crippen LogP contribution in [0.4, 0.5) is 0 Å².